The lowest BCUT2D eigenvalue weighted by Gasteiger charge is -2.21. The lowest BCUT2D eigenvalue weighted by Crippen LogP contribution is -2.14. The van der Waals surface area contributed by atoms with Gasteiger partial charge in [-0.2, -0.15) is 0 Å². The standard InChI is InChI=1S/C39H30N2/c1-39(2)33-15-8-6-14-31(33)38-34(39)16-10-17-35(38)40-28-20-22-29(23-21-28)41-36-18-9-7-13-30(36)32-25-27(19-24-37(32)41)26-11-4-3-5-12-26/h3-25,40H,1-2H3. The smallest absolute Gasteiger partial charge is 0.0541 e. The second-order valence-electron chi connectivity index (χ2n) is 11.5. The molecule has 2 heteroatoms. The minimum absolute atomic E-state index is 0.00954. The molecular formula is C39H30N2. The van der Waals surface area contributed by atoms with Crippen LogP contribution in [0.25, 0.3) is 49.7 Å². The number of benzene rings is 6. The summed E-state index contributed by atoms with van der Waals surface area (Å²) < 4.78 is 2.38. The predicted octanol–water partition coefficient (Wildman–Crippen LogP) is 10.5. The maximum atomic E-state index is 3.75. The second kappa shape index (κ2) is 8.97. The van der Waals surface area contributed by atoms with Gasteiger partial charge in [0.15, 0.2) is 0 Å². The first-order chi connectivity index (χ1) is 20.1. The first-order valence-electron chi connectivity index (χ1n) is 14.3. The highest BCUT2D eigenvalue weighted by atomic mass is 15.0. The molecule has 0 bridgehead atoms. The van der Waals surface area contributed by atoms with Crippen molar-refractivity contribution in [3.63, 3.8) is 0 Å². The van der Waals surface area contributed by atoms with Gasteiger partial charge in [0.25, 0.3) is 0 Å². The van der Waals surface area contributed by atoms with Gasteiger partial charge in [0.2, 0.25) is 0 Å². The highest BCUT2D eigenvalue weighted by Gasteiger charge is 2.36. The number of para-hydroxylation sites is 1. The minimum Gasteiger partial charge on any atom is -0.355 e. The number of hydrogen-bond acceptors (Lipinski definition) is 1. The van der Waals surface area contributed by atoms with Gasteiger partial charge in [-0.05, 0) is 76.3 Å². The SMILES string of the molecule is CC1(C)c2ccccc2-c2c(Nc3ccc(-n4c5ccccc5c5cc(-c6ccccc6)ccc54)cc3)cccc21. The molecule has 0 aliphatic heterocycles. The largest absolute Gasteiger partial charge is 0.355 e. The molecule has 0 atom stereocenters. The summed E-state index contributed by atoms with van der Waals surface area (Å²) in [6.07, 6.45) is 0. The summed E-state index contributed by atoms with van der Waals surface area (Å²) in [6, 6.07) is 50.4. The Kier molecular flexibility index (Phi) is 5.20. The molecule has 0 saturated heterocycles. The zero-order chi connectivity index (χ0) is 27.6. The van der Waals surface area contributed by atoms with Gasteiger partial charge in [0.05, 0.1) is 11.0 Å². The van der Waals surface area contributed by atoms with E-state index in [1.54, 1.807) is 0 Å². The number of hydrogen-bond donors (Lipinski definition) is 1. The molecule has 41 heavy (non-hydrogen) atoms. The fourth-order valence-corrected chi connectivity index (χ4v) is 6.77. The topological polar surface area (TPSA) is 17.0 Å². The second-order valence-corrected chi connectivity index (χ2v) is 11.5. The molecule has 0 amide bonds. The third-order valence-corrected chi connectivity index (χ3v) is 8.79. The molecule has 1 heterocycles. The van der Waals surface area contributed by atoms with E-state index in [0.717, 1.165) is 17.1 Å². The average Bonchev–Trinajstić information content (AvgIpc) is 3.47. The molecule has 1 aliphatic rings. The van der Waals surface area contributed by atoms with Crippen molar-refractivity contribution in [3.8, 4) is 27.9 Å². The van der Waals surface area contributed by atoms with Crippen LogP contribution in [0.3, 0.4) is 0 Å². The Balaban J connectivity index is 1.19. The molecule has 0 unspecified atom stereocenters. The molecule has 1 aromatic heterocycles. The molecule has 0 radical (unpaired) electrons. The fraction of sp³-hybridized carbons (Fsp3) is 0.0769. The molecule has 1 N–H and O–H groups in total. The van der Waals surface area contributed by atoms with Crippen molar-refractivity contribution < 1.29 is 0 Å². The van der Waals surface area contributed by atoms with Crippen LogP contribution in [0.15, 0.2) is 140 Å². The Labute approximate surface area is 240 Å². The van der Waals surface area contributed by atoms with Gasteiger partial charge in [-0.1, -0.05) is 105 Å². The van der Waals surface area contributed by atoms with E-state index < -0.39 is 0 Å². The van der Waals surface area contributed by atoms with Crippen LogP contribution in [0.5, 0.6) is 0 Å². The predicted molar refractivity (Wildman–Crippen MR) is 174 cm³/mol. The van der Waals surface area contributed by atoms with Crippen LogP contribution >= 0.6 is 0 Å². The number of fused-ring (bicyclic) bond motifs is 6. The minimum atomic E-state index is -0.00954. The van der Waals surface area contributed by atoms with E-state index in [1.807, 2.05) is 0 Å². The maximum Gasteiger partial charge on any atom is 0.0541 e. The fourth-order valence-electron chi connectivity index (χ4n) is 6.77. The monoisotopic (exact) mass is 526 g/mol. The molecule has 7 aromatic rings. The van der Waals surface area contributed by atoms with Crippen LogP contribution in [0.2, 0.25) is 0 Å². The summed E-state index contributed by atoms with van der Waals surface area (Å²) in [4.78, 5) is 0. The normalized spacial score (nSPS) is 13.3. The Morgan fingerprint density at radius 2 is 1.24 bits per heavy atom. The van der Waals surface area contributed by atoms with Gasteiger partial charge in [-0.3, -0.25) is 0 Å². The third-order valence-electron chi connectivity index (χ3n) is 8.79. The number of nitrogens with one attached hydrogen (secondary N) is 1. The first-order valence-corrected chi connectivity index (χ1v) is 14.3. The molecule has 196 valence electrons. The van der Waals surface area contributed by atoms with Gasteiger partial charge < -0.3 is 9.88 Å². The van der Waals surface area contributed by atoms with E-state index in [0.29, 0.717) is 0 Å². The van der Waals surface area contributed by atoms with E-state index in [2.05, 4.69) is 163 Å². The molecule has 2 nitrogen and oxygen atoms in total. The molecular weight excluding hydrogens is 496 g/mol. The van der Waals surface area contributed by atoms with E-state index >= 15 is 0 Å². The molecule has 6 aromatic carbocycles. The van der Waals surface area contributed by atoms with Crippen LogP contribution < -0.4 is 5.32 Å². The summed E-state index contributed by atoms with van der Waals surface area (Å²) >= 11 is 0. The van der Waals surface area contributed by atoms with E-state index in [-0.39, 0.29) is 5.41 Å². The van der Waals surface area contributed by atoms with Crippen molar-refractivity contribution >= 4 is 33.2 Å². The lowest BCUT2D eigenvalue weighted by molar-refractivity contribution is 0.660. The third kappa shape index (κ3) is 3.64. The van der Waals surface area contributed by atoms with Crippen molar-refractivity contribution in [2.75, 3.05) is 5.32 Å². The van der Waals surface area contributed by atoms with Crippen molar-refractivity contribution in [1.29, 1.82) is 0 Å². The zero-order valence-electron chi connectivity index (χ0n) is 23.2. The summed E-state index contributed by atoms with van der Waals surface area (Å²) in [5.41, 5.74) is 13.7. The average molecular weight is 527 g/mol. The molecule has 0 fully saturated rings. The number of anilines is 2. The van der Waals surface area contributed by atoms with Crippen molar-refractivity contribution in [1.82, 2.24) is 4.57 Å². The summed E-state index contributed by atoms with van der Waals surface area (Å²) in [7, 11) is 0. The van der Waals surface area contributed by atoms with Gasteiger partial charge in [-0.25, -0.2) is 0 Å². The van der Waals surface area contributed by atoms with Crippen LogP contribution in [-0.2, 0) is 5.41 Å². The molecule has 0 saturated carbocycles. The Bertz CT molecular complexity index is 2080. The van der Waals surface area contributed by atoms with Crippen molar-refractivity contribution in [3.05, 3.63) is 151 Å². The van der Waals surface area contributed by atoms with E-state index in [1.165, 1.54) is 55.2 Å². The van der Waals surface area contributed by atoms with Gasteiger partial charge in [-0.15, -0.1) is 0 Å². The number of nitrogens with zero attached hydrogens (tertiary/aromatic N) is 1. The highest BCUT2D eigenvalue weighted by Crippen LogP contribution is 2.51. The lowest BCUT2D eigenvalue weighted by atomic mass is 9.82. The Hall–Kier alpha value is -5.08. The maximum absolute atomic E-state index is 3.75. The van der Waals surface area contributed by atoms with Crippen LogP contribution in [0.1, 0.15) is 25.0 Å². The van der Waals surface area contributed by atoms with Crippen molar-refractivity contribution in [2.24, 2.45) is 0 Å². The van der Waals surface area contributed by atoms with Crippen molar-refractivity contribution in [2.45, 2.75) is 19.3 Å². The van der Waals surface area contributed by atoms with E-state index in [4.69, 9.17) is 0 Å². The first kappa shape index (κ1) is 23.8. The van der Waals surface area contributed by atoms with Crippen LogP contribution in [0.4, 0.5) is 11.4 Å². The van der Waals surface area contributed by atoms with E-state index in [9.17, 15) is 0 Å². The number of aromatic nitrogens is 1. The zero-order valence-corrected chi connectivity index (χ0v) is 23.2. The van der Waals surface area contributed by atoms with Gasteiger partial charge >= 0.3 is 0 Å². The summed E-state index contributed by atoms with van der Waals surface area (Å²) in [5, 5.41) is 6.28. The highest BCUT2D eigenvalue weighted by molar-refractivity contribution is 6.10. The Morgan fingerprint density at radius 3 is 2.10 bits per heavy atom. The molecule has 0 spiro atoms. The summed E-state index contributed by atoms with van der Waals surface area (Å²) in [6.45, 7) is 4.65. The van der Waals surface area contributed by atoms with Gasteiger partial charge in [0, 0.05) is 38.8 Å². The molecule has 8 rings (SSSR count). The van der Waals surface area contributed by atoms with Gasteiger partial charge in [0.1, 0.15) is 0 Å². The summed E-state index contributed by atoms with van der Waals surface area (Å²) in [5.74, 6) is 0. The number of rotatable bonds is 4. The quantitative estimate of drug-likeness (QED) is 0.241. The van der Waals surface area contributed by atoms with Crippen LogP contribution in [-0.4, -0.2) is 4.57 Å². The van der Waals surface area contributed by atoms with Crippen LogP contribution in [0, 0.1) is 0 Å². The molecule has 1 aliphatic carbocycles. The Morgan fingerprint density at radius 1 is 0.537 bits per heavy atom.